The van der Waals surface area contributed by atoms with Gasteiger partial charge in [-0.2, -0.15) is 0 Å². The zero-order valence-electron chi connectivity index (χ0n) is 19.1. The van der Waals surface area contributed by atoms with Gasteiger partial charge in [-0.25, -0.2) is 9.79 Å². The molecule has 4 rings (SSSR count). The van der Waals surface area contributed by atoms with E-state index in [2.05, 4.69) is 4.99 Å². The highest BCUT2D eigenvalue weighted by Crippen LogP contribution is 2.35. The Labute approximate surface area is 205 Å². The van der Waals surface area contributed by atoms with Crippen molar-refractivity contribution in [2.24, 2.45) is 4.99 Å². The zero-order chi connectivity index (χ0) is 24.4. The van der Waals surface area contributed by atoms with Gasteiger partial charge in [0.15, 0.2) is 16.3 Å². The third-order valence-electron chi connectivity index (χ3n) is 5.44. The Balaban J connectivity index is 1.99. The van der Waals surface area contributed by atoms with Gasteiger partial charge in [0.2, 0.25) is 0 Å². The molecule has 1 atom stereocenters. The van der Waals surface area contributed by atoms with Crippen molar-refractivity contribution >= 4 is 35.0 Å². The largest absolute Gasteiger partial charge is 0.493 e. The number of hydrogen-bond donors (Lipinski definition) is 0. The number of esters is 1. The number of benzene rings is 2. The van der Waals surface area contributed by atoms with E-state index in [0.717, 1.165) is 0 Å². The van der Waals surface area contributed by atoms with Crippen LogP contribution in [0.3, 0.4) is 0 Å². The van der Waals surface area contributed by atoms with Crippen LogP contribution >= 0.6 is 22.9 Å². The molecular weight excluding hydrogens is 476 g/mol. The molecular formula is C25H23ClN2O5S. The summed E-state index contributed by atoms with van der Waals surface area (Å²) >= 11 is 7.75. The van der Waals surface area contributed by atoms with Gasteiger partial charge in [-0.05, 0) is 37.6 Å². The van der Waals surface area contributed by atoms with E-state index in [1.165, 1.54) is 15.9 Å². The molecule has 2 heterocycles. The fourth-order valence-corrected chi connectivity index (χ4v) is 5.23. The SMILES string of the molecule is CCOC(=O)C1=C(C)N=c2s/c(=C\c3cccc(OC)c3OC)c(=O)n2C1c1ccccc1Cl. The number of fused-ring (bicyclic) bond motifs is 1. The molecule has 1 aromatic heterocycles. The average molecular weight is 499 g/mol. The third-order valence-corrected chi connectivity index (χ3v) is 6.76. The van der Waals surface area contributed by atoms with Gasteiger partial charge in [0.1, 0.15) is 6.04 Å². The van der Waals surface area contributed by atoms with Gasteiger partial charge in [0, 0.05) is 10.6 Å². The Morgan fingerprint density at radius 3 is 2.62 bits per heavy atom. The normalized spacial score (nSPS) is 15.6. The van der Waals surface area contributed by atoms with Crippen LogP contribution in [0, 0.1) is 0 Å². The smallest absolute Gasteiger partial charge is 0.338 e. The summed E-state index contributed by atoms with van der Waals surface area (Å²) in [6.45, 7) is 3.66. The molecule has 3 aromatic rings. The monoisotopic (exact) mass is 498 g/mol. The van der Waals surface area contributed by atoms with Crippen molar-refractivity contribution in [2.75, 3.05) is 20.8 Å². The summed E-state index contributed by atoms with van der Waals surface area (Å²) in [5, 5.41) is 0.438. The van der Waals surface area contributed by atoms with E-state index in [4.69, 9.17) is 25.8 Å². The zero-order valence-corrected chi connectivity index (χ0v) is 20.7. The Hall–Kier alpha value is -3.36. The lowest BCUT2D eigenvalue weighted by molar-refractivity contribution is -0.139. The Kier molecular flexibility index (Phi) is 6.90. The van der Waals surface area contributed by atoms with Crippen LogP contribution in [0.15, 0.2) is 63.5 Å². The van der Waals surface area contributed by atoms with Crippen LogP contribution in [-0.2, 0) is 9.53 Å². The molecule has 0 amide bonds. The lowest BCUT2D eigenvalue weighted by Gasteiger charge is -2.25. The Morgan fingerprint density at radius 1 is 1.18 bits per heavy atom. The highest BCUT2D eigenvalue weighted by molar-refractivity contribution is 7.07. The summed E-state index contributed by atoms with van der Waals surface area (Å²) in [6, 6.07) is 11.8. The second kappa shape index (κ2) is 9.87. The number of carbonyl (C=O) groups is 1. The maximum atomic E-state index is 13.7. The standard InChI is InChI=1S/C25H23ClN2O5S/c1-5-33-24(30)20-14(2)27-25-28(21(20)16-10-6-7-11-17(16)26)23(29)19(34-25)13-15-9-8-12-18(31-3)22(15)32-4/h6-13,21H,5H2,1-4H3/b19-13-. The van der Waals surface area contributed by atoms with Crippen LogP contribution in [0.4, 0.5) is 0 Å². The first-order valence-corrected chi connectivity index (χ1v) is 11.8. The van der Waals surface area contributed by atoms with Crippen molar-refractivity contribution in [2.45, 2.75) is 19.9 Å². The van der Waals surface area contributed by atoms with E-state index >= 15 is 0 Å². The Morgan fingerprint density at radius 2 is 1.94 bits per heavy atom. The summed E-state index contributed by atoms with van der Waals surface area (Å²) < 4.78 is 18.1. The summed E-state index contributed by atoms with van der Waals surface area (Å²) in [7, 11) is 3.10. The quantitative estimate of drug-likeness (QED) is 0.486. The number of rotatable bonds is 6. The van der Waals surface area contributed by atoms with Crippen molar-refractivity contribution in [1.29, 1.82) is 0 Å². The molecule has 0 saturated carbocycles. The first kappa shape index (κ1) is 23.8. The lowest BCUT2D eigenvalue weighted by Crippen LogP contribution is -2.40. The maximum absolute atomic E-state index is 13.7. The summed E-state index contributed by atoms with van der Waals surface area (Å²) in [4.78, 5) is 31.7. The molecule has 1 aliphatic heterocycles. The van der Waals surface area contributed by atoms with E-state index in [9.17, 15) is 9.59 Å². The van der Waals surface area contributed by atoms with E-state index in [1.807, 2.05) is 18.2 Å². The highest BCUT2D eigenvalue weighted by Gasteiger charge is 2.34. The predicted molar refractivity (Wildman–Crippen MR) is 131 cm³/mol. The van der Waals surface area contributed by atoms with Crippen molar-refractivity contribution in [1.82, 2.24) is 4.57 Å². The van der Waals surface area contributed by atoms with Crippen molar-refractivity contribution in [3.05, 3.63) is 89.6 Å². The average Bonchev–Trinajstić information content (AvgIpc) is 3.12. The fraction of sp³-hybridized carbons (Fsp3) is 0.240. The van der Waals surface area contributed by atoms with Crippen LogP contribution in [0.1, 0.15) is 31.0 Å². The summed E-state index contributed by atoms with van der Waals surface area (Å²) in [5.41, 5.74) is 1.77. The minimum atomic E-state index is -0.765. The van der Waals surface area contributed by atoms with Crippen molar-refractivity contribution in [3.8, 4) is 11.5 Å². The molecule has 7 nitrogen and oxygen atoms in total. The summed E-state index contributed by atoms with van der Waals surface area (Å²) in [6.07, 6.45) is 1.73. The molecule has 0 bridgehead atoms. The van der Waals surface area contributed by atoms with Gasteiger partial charge >= 0.3 is 5.97 Å². The number of thiazole rings is 1. The van der Waals surface area contributed by atoms with Crippen LogP contribution < -0.4 is 24.4 Å². The molecule has 2 aromatic carbocycles. The molecule has 0 N–H and O–H groups in total. The number of halogens is 1. The minimum absolute atomic E-state index is 0.199. The van der Waals surface area contributed by atoms with Crippen molar-refractivity contribution in [3.63, 3.8) is 0 Å². The van der Waals surface area contributed by atoms with Gasteiger partial charge in [0.05, 0.1) is 36.6 Å². The van der Waals surface area contributed by atoms with Gasteiger partial charge < -0.3 is 14.2 Å². The second-order valence-electron chi connectivity index (χ2n) is 7.41. The predicted octanol–water partition coefficient (Wildman–Crippen LogP) is 3.47. The van der Waals surface area contributed by atoms with Crippen LogP contribution in [-0.4, -0.2) is 31.4 Å². The van der Waals surface area contributed by atoms with E-state index in [0.29, 0.717) is 42.7 Å². The van der Waals surface area contributed by atoms with Gasteiger partial charge in [-0.1, -0.05) is 53.3 Å². The Bertz CT molecular complexity index is 1470. The maximum Gasteiger partial charge on any atom is 0.338 e. The molecule has 1 unspecified atom stereocenters. The van der Waals surface area contributed by atoms with Gasteiger partial charge in [0.25, 0.3) is 5.56 Å². The minimum Gasteiger partial charge on any atom is -0.493 e. The third kappa shape index (κ3) is 4.15. The lowest BCUT2D eigenvalue weighted by atomic mass is 9.96. The topological polar surface area (TPSA) is 79.1 Å². The first-order chi connectivity index (χ1) is 16.4. The molecule has 176 valence electrons. The van der Waals surface area contributed by atoms with E-state index < -0.39 is 12.0 Å². The molecule has 0 aliphatic carbocycles. The van der Waals surface area contributed by atoms with Crippen molar-refractivity contribution < 1.29 is 19.0 Å². The molecule has 0 fully saturated rings. The summed E-state index contributed by atoms with van der Waals surface area (Å²) in [5.74, 6) is 0.540. The van der Waals surface area contributed by atoms with E-state index in [1.54, 1.807) is 58.4 Å². The second-order valence-corrected chi connectivity index (χ2v) is 8.82. The number of aromatic nitrogens is 1. The number of methoxy groups -OCH3 is 2. The van der Waals surface area contributed by atoms with E-state index in [-0.39, 0.29) is 17.7 Å². The molecule has 0 radical (unpaired) electrons. The number of nitrogens with zero attached hydrogens (tertiary/aromatic N) is 2. The molecule has 34 heavy (non-hydrogen) atoms. The number of hydrogen-bond acceptors (Lipinski definition) is 7. The first-order valence-electron chi connectivity index (χ1n) is 10.6. The van der Waals surface area contributed by atoms with Crippen LogP contribution in [0.2, 0.25) is 5.02 Å². The number of allylic oxidation sites excluding steroid dienone is 1. The number of carbonyl (C=O) groups excluding carboxylic acids is 1. The van der Waals surface area contributed by atoms with Gasteiger partial charge in [-0.3, -0.25) is 9.36 Å². The van der Waals surface area contributed by atoms with Crippen LogP contribution in [0.25, 0.3) is 6.08 Å². The molecule has 0 spiro atoms. The number of para-hydroxylation sites is 1. The molecule has 9 heteroatoms. The fourth-order valence-electron chi connectivity index (χ4n) is 3.95. The molecule has 1 aliphatic rings. The van der Waals surface area contributed by atoms with Gasteiger partial charge in [-0.15, -0.1) is 0 Å². The van der Waals surface area contributed by atoms with Crippen LogP contribution in [0.5, 0.6) is 11.5 Å². The molecule has 0 saturated heterocycles. The number of ether oxygens (including phenoxy) is 3. The highest BCUT2D eigenvalue weighted by atomic mass is 35.5.